The quantitative estimate of drug-likeness (QED) is 0.499. The highest BCUT2D eigenvalue weighted by molar-refractivity contribution is 6.31. The summed E-state index contributed by atoms with van der Waals surface area (Å²) in [6.07, 6.45) is 3.35. The molecule has 3 aromatic rings. The summed E-state index contributed by atoms with van der Waals surface area (Å²) in [5.41, 5.74) is 3.25. The summed E-state index contributed by atoms with van der Waals surface area (Å²) >= 11 is 6.35. The van der Waals surface area contributed by atoms with Crippen LogP contribution in [0.4, 0.5) is 11.4 Å². The molecule has 1 aromatic carbocycles. The molecule has 0 aliphatic carbocycles. The Kier molecular flexibility index (Phi) is 7.72. The van der Waals surface area contributed by atoms with Crippen molar-refractivity contribution in [1.82, 2.24) is 24.1 Å². The minimum absolute atomic E-state index is 0.00799. The van der Waals surface area contributed by atoms with Crippen molar-refractivity contribution in [2.75, 3.05) is 49.6 Å². The van der Waals surface area contributed by atoms with Crippen LogP contribution in [0.3, 0.4) is 0 Å². The maximum absolute atomic E-state index is 13.8. The Bertz CT molecular complexity index is 1520. The molecule has 0 unspecified atom stereocenters. The summed E-state index contributed by atoms with van der Waals surface area (Å²) < 4.78 is 8.42. The number of aromatic nitrogens is 4. The van der Waals surface area contributed by atoms with Gasteiger partial charge in [-0.15, -0.1) is 5.10 Å². The van der Waals surface area contributed by atoms with Crippen molar-refractivity contribution in [3.63, 3.8) is 0 Å². The zero-order valence-electron chi connectivity index (χ0n) is 22.4. The highest BCUT2D eigenvalue weighted by atomic mass is 35.5. The molecule has 1 saturated heterocycles. The van der Waals surface area contributed by atoms with Crippen molar-refractivity contribution in [2.24, 2.45) is 0 Å². The number of amides is 2. The molecule has 0 spiro atoms. The van der Waals surface area contributed by atoms with Crippen LogP contribution in [0.5, 0.6) is 0 Å². The van der Waals surface area contributed by atoms with E-state index in [-0.39, 0.29) is 23.9 Å². The molecule has 2 amide bonds. The number of ether oxygens (including phenoxy) is 1. The first kappa shape index (κ1) is 26.9. The van der Waals surface area contributed by atoms with Gasteiger partial charge in [0.25, 0.3) is 5.56 Å². The fourth-order valence-electron chi connectivity index (χ4n) is 5.07. The molecule has 1 fully saturated rings. The normalized spacial score (nSPS) is 15.9. The number of carbonyl (C=O) groups is 2. The number of fused-ring (bicyclic) bond motifs is 1. The first-order chi connectivity index (χ1) is 18.8. The lowest BCUT2D eigenvalue weighted by Crippen LogP contribution is -2.50. The molecule has 2 aromatic heterocycles. The van der Waals surface area contributed by atoms with E-state index in [1.165, 1.54) is 4.52 Å². The number of anilines is 2. The Hall–Kier alpha value is -3.70. The Labute approximate surface area is 231 Å². The largest absolute Gasteiger partial charge is 0.377 e. The molecule has 11 nitrogen and oxygen atoms in total. The van der Waals surface area contributed by atoms with Crippen LogP contribution in [0.2, 0.25) is 5.02 Å². The monoisotopic (exact) mass is 553 g/mol. The predicted octanol–water partition coefficient (Wildman–Crippen LogP) is 2.53. The standard InChI is InChI=1S/C27H32ClN7O4/c1-4-19-5-6-21(15-22(19)28)29-23(37)16-34-17(2)24(33-11-9-32(10-12-33)18(3)36)26(38)35-27(34)30-25(31-35)20-7-13-39-14-8-20/h5-7,15H,4,8-14,16H2,1-3H3,(H,29,37). The molecular weight excluding hydrogens is 522 g/mol. The van der Waals surface area contributed by atoms with E-state index in [1.54, 1.807) is 22.5 Å². The fraction of sp³-hybridized carbons (Fsp3) is 0.444. The van der Waals surface area contributed by atoms with Crippen LogP contribution in [0.15, 0.2) is 29.1 Å². The van der Waals surface area contributed by atoms with Crippen LogP contribution < -0.4 is 15.8 Å². The van der Waals surface area contributed by atoms with E-state index in [0.29, 0.717) is 79.5 Å². The van der Waals surface area contributed by atoms with Gasteiger partial charge in [0.2, 0.25) is 17.6 Å². The number of rotatable bonds is 6. The van der Waals surface area contributed by atoms with E-state index in [9.17, 15) is 14.4 Å². The van der Waals surface area contributed by atoms with Crippen LogP contribution in [-0.4, -0.2) is 75.3 Å². The Balaban J connectivity index is 1.53. The maximum Gasteiger partial charge on any atom is 0.299 e. The topological polar surface area (TPSA) is 114 Å². The molecule has 0 saturated carbocycles. The smallest absolute Gasteiger partial charge is 0.299 e. The van der Waals surface area contributed by atoms with Crippen LogP contribution in [-0.2, 0) is 27.3 Å². The van der Waals surface area contributed by atoms with Crippen molar-refractivity contribution in [3.8, 4) is 0 Å². The summed E-state index contributed by atoms with van der Waals surface area (Å²) in [4.78, 5) is 47.3. The van der Waals surface area contributed by atoms with Gasteiger partial charge in [0, 0.05) is 49.5 Å². The molecule has 4 heterocycles. The van der Waals surface area contributed by atoms with Gasteiger partial charge in [-0.1, -0.05) is 30.7 Å². The van der Waals surface area contributed by atoms with Gasteiger partial charge in [0.15, 0.2) is 5.82 Å². The number of aryl methyl sites for hydroxylation is 1. The van der Waals surface area contributed by atoms with E-state index in [1.807, 2.05) is 37.0 Å². The zero-order valence-corrected chi connectivity index (χ0v) is 23.1. The lowest BCUT2D eigenvalue weighted by Gasteiger charge is -2.36. The average molecular weight is 554 g/mol. The van der Waals surface area contributed by atoms with Gasteiger partial charge in [0.05, 0.1) is 13.2 Å². The van der Waals surface area contributed by atoms with Gasteiger partial charge in [-0.3, -0.25) is 14.4 Å². The third kappa shape index (κ3) is 5.41. The molecule has 39 heavy (non-hydrogen) atoms. The van der Waals surface area contributed by atoms with E-state index in [4.69, 9.17) is 21.3 Å². The number of nitrogens with zero attached hydrogens (tertiary/aromatic N) is 6. The van der Waals surface area contributed by atoms with E-state index < -0.39 is 0 Å². The van der Waals surface area contributed by atoms with Crippen molar-refractivity contribution < 1.29 is 14.3 Å². The predicted molar refractivity (Wildman–Crippen MR) is 149 cm³/mol. The van der Waals surface area contributed by atoms with Crippen LogP contribution in [0.25, 0.3) is 11.4 Å². The van der Waals surface area contributed by atoms with Gasteiger partial charge in [-0.25, -0.2) is 0 Å². The minimum Gasteiger partial charge on any atom is -0.377 e. The van der Waals surface area contributed by atoms with Gasteiger partial charge < -0.3 is 24.4 Å². The molecule has 1 N–H and O–H groups in total. The van der Waals surface area contributed by atoms with Crippen molar-refractivity contribution in [2.45, 2.75) is 40.2 Å². The van der Waals surface area contributed by atoms with E-state index in [0.717, 1.165) is 17.6 Å². The molecule has 206 valence electrons. The number of hydrogen-bond acceptors (Lipinski definition) is 7. The van der Waals surface area contributed by atoms with Crippen molar-refractivity contribution >= 4 is 46.1 Å². The lowest BCUT2D eigenvalue weighted by molar-refractivity contribution is -0.129. The third-order valence-corrected chi connectivity index (χ3v) is 7.64. The Morgan fingerprint density at radius 3 is 2.59 bits per heavy atom. The number of hydrogen-bond donors (Lipinski definition) is 1. The SMILES string of the molecule is CCc1ccc(NC(=O)Cn2c(C)c(N3CCN(C(C)=O)CC3)c(=O)n3nc(C4=CCOCC4)nc23)cc1Cl. The van der Waals surface area contributed by atoms with E-state index in [2.05, 4.69) is 10.4 Å². The summed E-state index contributed by atoms with van der Waals surface area (Å²) in [6, 6.07) is 5.45. The van der Waals surface area contributed by atoms with Crippen LogP contribution in [0.1, 0.15) is 37.4 Å². The number of nitrogens with one attached hydrogen (secondary N) is 1. The summed E-state index contributed by atoms with van der Waals surface area (Å²) in [6.45, 7) is 8.33. The first-order valence-electron chi connectivity index (χ1n) is 13.1. The molecule has 12 heteroatoms. The van der Waals surface area contributed by atoms with Crippen LogP contribution in [0, 0.1) is 6.92 Å². The Morgan fingerprint density at radius 1 is 1.18 bits per heavy atom. The van der Waals surface area contributed by atoms with Crippen LogP contribution >= 0.6 is 11.6 Å². The minimum atomic E-state index is -0.302. The van der Waals surface area contributed by atoms with E-state index >= 15 is 0 Å². The highest BCUT2D eigenvalue weighted by Gasteiger charge is 2.27. The maximum atomic E-state index is 13.8. The molecule has 2 aliphatic heterocycles. The number of piperazine rings is 1. The first-order valence-corrected chi connectivity index (χ1v) is 13.5. The second-order valence-corrected chi connectivity index (χ2v) is 10.1. The average Bonchev–Trinajstić information content (AvgIpc) is 3.38. The molecule has 5 rings (SSSR count). The van der Waals surface area contributed by atoms with Gasteiger partial charge in [0.1, 0.15) is 12.2 Å². The summed E-state index contributed by atoms with van der Waals surface area (Å²) in [5, 5.41) is 8.07. The Morgan fingerprint density at radius 2 is 1.95 bits per heavy atom. The number of carbonyl (C=O) groups excluding carboxylic acids is 2. The van der Waals surface area contributed by atoms with Gasteiger partial charge in [-0.2, -0.15) is 9.50 Å². The second kappa shape index (κ2) is 11.2. The molecule has 0 bridgehead atoms. The van der Waals surface area contributed by atoms with Crippen molar-refractivity contribution in [1.29, 1.82) is 0 Å². The molecular formula is C27H32ClN7O4. The molecule has 0 atom stereocenters. The fourth-order valence-corrected chi connectivity index (χ4v) is 5.38. The van der Waals surface area contributed by atoms with Gasteiger partial charge >= 0.3 is 0 Å². The molecule has 2 aliphatic rings. The second-order valence-electron chi connectivity index (χ2n) is 9.73. The molecule has 0 radical (unpaired) electrons. The lowest BCUT2D eigenvalue weighted by atomic mass is 10.1. The summed E-state index contributed by atoms with van der Waals surface area (Å²) in [5.74, 6) is 0.463. The number of benzene rings is 1. The number of halogens is 1. The summed E-state index contributed by atoms with van der Waals surface area (Å²) in [7, 11) is 0. The van der Waals surface area contributed by atoms with Crippen molar-refractivity contribution in [3.05, 3.63) is 56.7 Å². The van der Waals surface area contributed by atoms with Gasteiger partial charge in [-0.05, 0) is 43.0 Å². The third-order valence-electron chi connectivity index (χ3n) is 7.29. The zero-order chi connectivity index (χ0) is 27.7. The highest BCUT2D eigenvalue weighted by Crippen LogP contribution is 2.24.